The van der Waals surface area contributed by atoms with Gasteiger partial charge < -0.3 is 15.2 Å². The number of ether oxygens (including phenoxy) is 1. The average molecular weight is 203 g/mol. The zero-order chi connectivity index (χ0) is 11.0. The summed E-state index contributed by atoms with van der Waals surface area (Å²) in [5.74, 6) is 0.267. The normalized spacial score (nSPS) is 12.9. The molecule has 0 aliphatic rings. The van der Waals surface area contributed by atoms with Gasteiger partial charge in [0.15, 0.2) is 0 Å². The van der Waals surface area contributed by atoms with Crippen LogP contribution in [-0.4, -0.2) is 37.4 Å². The van der Waals surface area contributed by atoms with Gasteiger partial charge in [0.05, 0.1) is 19.6 Å². The Balaban J connectivity index is 3.31. The van der Waals surface area contributed by atoms with Gasteiger partial charge >= 0.3 is 5.97 Å². The number of carbonyl (C=O) groups excluding carboxylic acids is 1. The van der Waals surface area contributed by atoms with Crippen molar-refractivity contribution in [2.45, 2.75) is 32.8 Å². The van der Waals surface area contributed by atoms with Crippen molar-refractivity contribution >= 4 is 5.97 Å². The van der Waals surface area contributed by atoms with E-state index in [1.807, 2.05) is 0 Å². The highest BCUT2D eigenvalue weighted by atomic mass is 16.5. The lowest BCUT2D eigenvalue weighted by atomic mass is 10.1. The first-order valence-electron chi connectivity index (χ1n) is 5.01. The van der Waals surface area contributed by atoms with E-state index >= 15 is 0 Å². The minimum atomic E-state index is -0.326. The van der Waals surface area contributed by atoms with Crippen molar-refractivity contribution < 1.29 is 14.6 Å². The Morgan fingerprint density at radius 3 is 2.64 bits per heavy atom. The van der Waals surface area contributed by atoms with E-state index in [4.69, 9.17) is 0 Å². The Hall–Kier alpha value is -0.610. The molecule has 1 atom stereocenters. The Morgan fingerprint density at radius 2 is 2.14 bits per heavy atom. The Labute approximate surface area is 85.6 Å². The zero-order valence-electron chi connectivity index (χ0n) is 9.25. The molecule has 84 valence electrons. The summed E-state index contributed by atoms with van der Waals surface area (Å²) in [7, 11) is 1.37. The maximum Gasteiger partial charge on any atom is 0.306 e. The number of nitrogens with one attached hydrogen (secondary N) is 1. The molecule has 0 bridgehead atoms. The van der Waals surface area contributed by atoms with Crippen molar-refractivity contribution in [1.29, 1.82) is 0 Å². The van der Waals surface area contributed by atoms with Crippen LogP contribution in [0.2, 0.25) is 0 Å². The van der Waals surface area contributed by atoms with Crippen LogP contribution in [0.4, 0.5) is 0 Å². The number of aliphatic hydroxyl groups is 1. The summed E-state index contributed by atoms with van der Waals surface area (Å²) in [6.45, 7) is 5.23. The second-order valence-electron chi connectivity index (χ2n) is 3.81. The van der Waals surface area contributed by atoms with Crippen molar-refractivity contribution in [3.8, 4) is 0 Å². The monoisotopic (exact) mass is 203 g/mol. The number of carbonyl (C=O) groups is 1. The maximum absolute atomic E-state index is 10.7. The summed E-state index contributed by atoms with van der Waals surface area (Å²) in [6, 6.07) is 0. The predicted molar refractivity (Wildman–Crippen MR) is 55.0 cm³/mol. The second-order valence-corrected chi connectivity index (χ2v) is 3.81. The van der Waals surface area contributed by atoms with Crippen LogP contribution >= 0.6 is 0 Å². The van der Waals surface area contributed by atoms with E-state index in [9.17, 15) is 9.90 Å². The van der Waals surface area contributed by atoms with Gasteiger partial charge in [-0.3, -0.25) is 4.79 Å². The van der Waals surface area contributed by atoms with E-state index in [2.05, 4.69) is 23.9 Å². The molecule has 2 N–H and O–H groups in total. The summed E-state index contributed by atoms with van der Waals surface area (Å²) >= 11 is 0. The fourth-order valence-corrected chi connectivity index (χ4v) is 1.19. The molecule has 14 heavy (non-hydrogen) atoms. The molecule has 0 aromatic heterocycles. The van der Waals surface area contributed by atoms with Gasteiger partial charge in [-0.25, -0.2) is 0 Å². The van der Waals surface area contributed by atoms with Crippen molar-refractivity contribution in [2.75, 3.05) is 20.2 Å². The summed E-state index contributed by atoms with van der Waals surface area (Å²) in [4.78, 5) is 10.7. The highest BCUT2D eigenvalue weighted by molar-refractivity contribution is 5.69. The van der Waals surface area contributed by atoms with Gasteiger partial charge in [0.25, 0.3) is 0 Å². The smallest absolute Gasteiger partial charge is 0.306 e. The molecule has 0 saturated carbocycles. The molecule has 1 unspecified atom stereocenters. The molecule has 0 saturated heterocycles. The summed E-state index contributed by atoms with van der Waals surface area (Å²) in [5, 5.41) is 12.5. The molecule has 0 spiro atoms. The van der Waals surface area contributed by atoms with Gasteiger partial charge in [0.1, 0.15) is 0 Å². The lowest BCUT2D eigenvalue weighted by Gasteiger charge is -2.13. The average Bonchev–Trinajstić information content (AvgIpc) is 2.10. The van der Waals surface area contributed by atoms with E-state index in [1.54, 1.807) is 0 Å². The van der Waals surface area contributed by atoms with Crippen LogP contribution in [0.3, 0.4) is 0 Å². The van der Waals surface area contributed by atoms with Crippen molar-refractivity contribution in [3.05, 3.63) is 0 Å². The number of rotatable bonds is 7. The summed E-state index contributed by atoms with van der Waals surface area (Å²) in [5.41, 5.74) is 0. The number of aliphatic hydroxyl groups excluding tert-OH is 1. The van der Waals surface area contributed by atoms with Crippen LogP contribution in [0.25, 0.3) is 0 Å². The van der Waals surface area contributed by atoms with Gasteiger partial charge in [-0.05, 0) is 12.3 Å². The van der Waals surface area contributed by atoms with Crippen LogP contribution in [0.5, 0.6) is 0 Å². The third kappa shape index (κ3) is 8.01. The Kier molecular flexibility index (Phi) is 7.42. The molecule has 0 aliphatic carbocycles. The van der Waals surface area contributed by atoms with Crippen molar-refractivity contribution in [1.82, 2.24) is 5.32 Å². The first-order valence-corrected chi connectivity index (χ1v) is 5.01. The third-order valence-corrected chi connectivity index (χ3v) is 1.86. The maximum atomic E-state index is 10.7. The molecule has 0 amide bonds. The largest absolute Gasteiger partial charge is 0.469 e. The molecule has 0 rings (SSSR count). The fraction of sp³-hybridized carbons (Fsp3) is 0.900. The van der Waals surface area contributed by atoms with Crippen molar-refractivity contribution in [2.24, 2.45) is 5.92 Å². The molecule has 0 aromatic carbocycles. The number of esters is 1. The Bertz CT molecular complexity index is 159. The summed E-state index contributed by atoms with van der Waals surface area (Å²) in [6.07, 6.45) is 0.809. The Morgan fingerprint density at radius 1 is 1.50 bits per heavy atom. The molecule has 0 radical (unpaired) electrons. The molecule has 0 aromatic rings. The van der Waals surface area contributed by atoms with E-state index in [-0.39, 0.29) is 12.1 Å². The van der Waals surface area contributed by atoms with E-state index < -0.39 is 0 Å². The highest BCUT2D eigenvalue weighted by Crippen LogP contribution is 2.02. The van der Waals surface area contributed by atoms with Gasteiger partial charge in [-0.2, -0.15) is 0 Å². The van der Waals surface area contributed by atoms with E-state index in [0.717, 1.165) is 6.42 Å². The topological polar surface area (TPSA) is 58.6 Å². The molecular formula is C10H21NO3. The summed E-state index contributed by atoms with van der Waals surface area (Å²) < 4.78 is 4.48. The van der Waals surface area contributed by atoms with Gasteiger partial charge in [0.2, 0.25) is 0 Å². The number of hydrogen-bond acceptors (Lipinski definition) is 4. The third-order valence-electron chi connectivity index (χ3n) is 1.86. The zero-order valence-corrected chi connectivity index (χ0v) is 9.25. The molecule has 0 aliphatic heterocycles. The minimum absolute atomic E-state index is 0.226. The van der Waals surface area contributed by atoms with Crippen LogP contribution in [0.1, 0.15) is 26.7 Å². The van der Waals surface area contributed by atoms with Crippen LogP contribution in [-0.2, 0) is 9.53 Å². The quantitative estimate of drug-likeness (QED) is 0.468. The van der Waals surface area contributed by atoms with Crippen LogP contribution < -0.4 is 5.32 Å². The minimum Gasteiger partial charge on any atom is -0.469 e. The van der Waals surface area contributed by atoms with E-state index in [0.29, 0.717) is 25.4 Å². The van der Waals surface area contributed by atoms with Crippen LogP contribution in [0.15, 0.2) is 0 Å². The van der Waals surface area contributed by atoms with Gasteiger partial charge in [-0.15, -0.1) is 0 Å². The molecular weight excluding hydrogens is 182 g/mol. The fourth-order valence-electron chi connectivity index (χ4n) is 1.19. The lowest BCUT2D eigenvalue weighted by Crippen LogP contribution is -2.29. The van der Waals surface area contributed by atoms with E-state index in [1.165, 1.54) is 7.11 Å². The SMILES string of the molecule is COC(=O)CCNCC(O)CC(C)C. The molecule has 4 nitrogen and oxygen atoms in total. The first-order chi connectivity index (χ1) is 6.56. The van der Waals surface area contributed by atoms with Crippen molar-refractivity contribution in [3.63, 3.8) is 0 Å². The number of hydrogen-bond donors (Lipinski definition) is 2. The van der Waals surface area contributed by atoms with Crippen LogP contribution in [0, 0.1) is 5.92 Å². The first kappa shape index (κ1) is 13.4. The highest BCUT2D eigenvalue weighted by Gasteiger charge is 2.06. The molecule has 0 fully saturated rings. The molecule has 0 heterocycles. The predicted octanol–water partition coefficient (Wildman–Crippen LogP) is 0.546. The van der Waals surface area contributed by atoms with Gasteiger partial charge in [-0.1, -0.05) is 13.8 Å². The second kappa shape index (κ2) is 7.76. The number of methoxy groups -OCH3 is 1. The standard InChI is InChI=1S/C10H21NO3/c1-8(2)6-9(12)7-11-5-4-10(13)14-3/h8-9,11-12H,4-7H2,1-3H3. The van der Waals surface area contributed by atoms with Gasteiger partial charge in [0, 0.05) is 13.1 Å². The molecule has 4 heteroatoms. The lowest BCUT2D eigenvalue weighted by molar-refractivity contribution is -0.140.